The van der Waals surface area contributed by atoms with Crippen molar-refractivity contribution in [2.24, 2.45) is 5.92 Å². The van der Waals surface area contributed by atoms with Crippen LogP contribution < -0.4 is 10.6 Å². The largest absolute Gasteiger partial charge is 0.368 e. The Kier molecular flexibility index (Phi) is 5.43. The van der Waals surface area contributed by atoms with E-state index in [2.05, 4.69) is 39.3 Å². The molecule has 0 aromatic carbocycles. The molecule has 0 saturated carbocycles. The SMILES string of the molecule is CCNc1ncc(Cl)c(NCC2CCN(C(C)C)C2)n1. The predicted octanol–water partition coefficient (Wildman–Crippen LogP) is 2.70. The molecule has 2 N–H and O–H groups in total. The van der Waals surface area contributed by atoms with E-state index in [1.54, 1.807) is 6.20 Å². The summed E-state index contributed by atoms with van der Waals surface area (Å²) in [6, 6.07) is 0.628. The van der Waals surface area contributed by atoms with Gasteiger partial charge in [-0.25, -0.2) is 4.98 Å². The van der Waals surface area contributed by atoms with E-state index in [9.17, 15) is 0 Å². The van der Waals surface area contributed by atoms with Crippen molar-refractivity contribution >= 4 is 23.4 Å². The highest BCUT2D eigenvalue weighted by Gasteiger charge is 2.24. The zero-order valence-electron chi connectivity index (χ0n) is 12.5. The first-order valence-electron chi connectivity index (χ1n) is 7.34. The number of halogens is 1. The summed E-state index contributed by atoms with van der Waals surface area (Å²) < 4.78 is 0. The molecule has 1 aromatic rings. The first kappa shape index (κ1) is 15.3. The third kappa shape index (κ3) is 3.96. The van der Waals surface area contributed by atoms with Gasteiger partial charge in [-0.1, -0.05) is 11.6 Å². The molecular weight excluding hydrogens is 274 g/mol. The molecule has 5 nitrogen and oxygen atoms in total. The van der Waals surface area contributed by atoms with Crippen LogP contribution in [0, 0.1) is 5.92 Å². The summed E-state index contributed by atoms with van der Waals surface area (Å²) in [5, 5.41) is 7.03. The maximum absolute atomic E-state index is 6.14. The molecule has 1 aliphatic rings. The van der Waals surface area contributed by atoms with E-state index in [0.29, 0.717) is 22.9 Å². The second kappa shape index (κ2) is 7.09. The van der Waals surface area contributed by atoms with Gasteiger partial charge in [0.1, 0.15) is 10.8 Å². The highest BCUT2D eigenvalue weighted by atomic mass is 35.5. The van der Waals surface area contributed by atoms with E-state index in [1.165, 1.54) is 13.0 Å². The minimum absolute atomic E-state index is 0.574. The maximum atomic E-state index is 6.14. The van der Waals surface area contributed by atoms with Crippen LogP contribution >= 0.6 is 11.6 Å². The number of aromatic nitrogens is 2. The third-order valence-electron chi connectivity index (χ3n) is 3.68. The lowest BCUT2D eigenvalue weighted by Gasteiger charge is -2.20. The molecule has 0 amide bonds. The van der Waals surface area contributed by atoms with E-state index in [-0.39, 0.29) is 0 Å². The van der Waals surface area contributed by atoms with Gasteiger partial charge in [-0.15, -0.1) is 0 Å². The topological polar surface area (TPSA) is 53.1 Å². The molecule has 0 spiro atoms. The van der Waals surface area contributed by atoms with Crippen LogP contribution in [0.3, 0.4) is 0 Å². The van der Waals surface area contributed by atoms with Gasteiger partial charge in [0.25, 0.3) is 0 Å². The minimum Gasteiger partial charge on any atom is -0.368 e. The Labute approximate surface area is 126 Å². The van der Waals surface area contributed by atoms with Gasteiger partial charge in [-0.3, -0.25) is 0 Å². The highest BCUT2D eigenvalue weighted by Crippen LogP contribution is 2.22. The van der Waals surface area contributed by atoms with Crippen molar-refractivity contribution in [3.05, 3.63) is 11.2 Å². The zero-order chi connectivity index (χ0) is 14.5. The molecule has 2 heterocycles. The quantitative estimate of drug-likeness (QED) is 0.845. The standard InChI is InChI=1S/C14H24ClN5/c1-4-16-14-18-8-12(15)13(19-14)17-7-11-5-6-20(9-11)10(2)3/h8,10-11H,4-7,9H2,1-3H3,(H2,16,17,18,19). The Morgan fingerprint density at radius 1 is 1.45 bits per heavy atom. The van der Waals surface area contributed by atoms with Crippen molar-refractivity contribution in [1.82, 2.24) is 14.9 Å². The summed E-state index contributed by atoms with van der Waals surface area (Å²) in [7, 11) is 0. The number of likely N-dealkylation sites (tertiary alicyclic amines) is 1. The molecule has 0 bridgehead atoms. The van der Waals surface area contributed by atoms with Crippen molar-refractivity contribution in [2.75, 3.05) is 36.8 Å². The predicted molar refractivity (Wildman–Crippen MR) is 84.5 cm³/mol. The van der Waals surface area contributed by atoms with Gasteiger partial charge in [0.05, 0.1) is 6.20 Å². The van der Waals surface area contributed by atoms with Gasteiger partial charge in [0.2, 0.25) is 5.95 Å². The normalized spacial score (nSPS) is 19.6. The zero-order valence-corrected chi connectivity index (χ0v) is 13.2. The Morgan fingerprint density at radius 3 is 2.90 bits per heavy atom. The van der Waals surface area contributed by atoms with Gasteiger partial charge in [-0.05, 0) is 39.7 Å². The fraction of sp³-hybridized carbons (Fsp3) is 0.714. The molecule has 6 heteroatoms. The molecule has 112 valence electrons. The van der Waals surface area contributed by atoms with E-state index >= 15 is 0 Å². The maximum Gasteiger partial charge on any atom is 0.224 e. The Balaban J connectivity index is 1.89. The second-order valence-electron chi connectivity index (χ2n) is 5.54. The fourth-order valence-corrected chi connectivity index (χ4v) is 2.63. The van der Waals surface area contributed by atoms with Crippen molar-refractivity contribution in [3.63, 3.8) is 0 Å². The second-order valence-corrected chi connectivity index (χ2v) is 5.95. The lowest BCUT2D eigenvalue weighted by molar-refractivity contribution is 0.266. The highest BCUT2D eigenvalue weighted by molar-refractivity contribution is 6.32. The first-order valence-corrected chi connectivity index (χ1v) is 7.72. The summed E-state index contributed by atoms with van der Waals surface area (Å²) in [6.45, 7) is 10.6. The van der Waals surface area contributed by atoms with Crippen molar-refractivity contribution < 1.29 is 0 Å². The summed E-state index contributed by atoms with van der Waals surface area (Å²) in [6.07, 6.45) is 2.87. The monoisotopic (exact) mass is 297 g/mol. The minimum atomic E-state index is 0.574. The Morgan fingerprint density at radius 2 is 2.25 bits per heavy atom. The van der Waals surface area contributed by atoms with Gasteiger partial charge in [-0.2, -0.15) is 4.98 Å². The summed E-state index contributed by atoms with van der Waals surface area (Å²) >= 11 is 6.14. The fourth-order valence-electron chi connectivity index (χ4n) is 2.47. The van der Waals surface area contributed by atoms with Crippen molar-refractivity contribution in [3.8, 4) is 0 Å². The first-order chi connectivity index (χ1) is 9.60. The summed E-state index contributed by atoms with van der Waals surface area (Å²) in [4.78, 5) is 11.1. The number of hydrogen-bond acceptors (Lipinski definition) is 5. The van der Waals surface area contributed by atoms with Crippen LogP contribution in [-0.4, -0.2) is 47.1 Å². The third-order valence-corrected chi connectivity index (χ3v) is 3.96. The molecule has 0 radical (unpaired) electrons. The molecule has 1 saturated heterocycles. The Hall–Kier alpha value is -1.07. The van der Waals surface area contributed by atoms with Gasteiger partial charge < -0.3 is 15.5 Å². The van der Waals surface area contributed by atoms with Crippen LogP contribution in [-0.2, 0) is 0 Å². The number of hydrogen-bond donors (Lipinski definition) is 2. The number of anilines is 2. The van der Waals surface area contributed by atoms with Crippen LogP contribution in [0.4, 0.5) is 11.8 Å². The summed E-state index contributed by atoms with van der Waals surface area (Å²) in [5.41, 5.74) is 0. The molecule has 1 aliphatic heterocycles. The van der Waals surface area contributed by atoms with Gasteiger partial charge in [0.15, 0.2) is 0 Å². The molecule has 1 unspecified atom stereocenters. The van der Waals surface area contributed by atoms with Gasteiger partial charge in [0, 0.05) is 25.7 Å². The molecule has 1 aromatic heterocycles. The Bertz CT molecular complexity index is 438. The average molecular weight is 298 g/mol. The lowest BCUT2D eigenvalue weighted by atomic mass is 10.1. The van der Waals surface area contributed by atoms with Crippen LogP contribution in [0.2, 0.25) is 5.02 Å². The molecule has 20 heavy (non-hydrogen) atoms. The van der Waals surface area contributed by atoms with E-state index in [0.717, 1.165) is 25.5 Å². The van der Waals surface area contributed by atoms with Crippen molar-refractivity contribution in [2.45, 2.75) is 33.2 Å². The van der Waals surface area contributed by atoms with Crippen LogP contribution in [0.15, 0.2) is 6.20 Å². The van der Waals surface area contributed by atoms with Crippen LogP contribution in [0.25, 0.3) is 0 Å². The van der Waals surface area contributed by atoms with E-state index < -0.39 is 0 Å². The van der Waals surface area contributed by atoms with Crippen molar-refractivity contribution in [1.29, 1.82) is 0 Å². The molecule has 0 aliphatic carbocycles. The van der Waals surface area contributed by atoms with E-state index in [1.807, 2.05) is 6.92 Å². The number of nitrogens with one attached hydrogen (secondary N) is 2. The van der Waals surface area contributed by atoms with E-state index in [4.69, 9.17) is 11.6 Å². The molecular formula is C14H24ClN5. The molecule has 1 atom stereocenters. The number of nitrogens with zero attached hydrogens (tertiary/aromatic N) is 3. The lowest BCUT2D eigenvalue weighted by Crippen LogP contribution is -2.29. The smallest absolute Gasteiger partial charge is 0.224 e. The van der Waals surface area contributed by atoms with Gasteiger partial charge >= 0.3 is 0 Å². The molecule has 1 fully saturated rings. The number of rotatable bonds is 6. The van der Waals surface area contributed by atoms with Crippen LogP contribution in [0.5, 0.6) is 0 Å². The summed E-state index contributed by atoms with van der Waals surface area (Å²) in [5.74, 6) is 2.00. The molecule has 2 rings (SSSR count). The van der Waals surface area contributed by atoms with Crippen LogP contribution in [0.1, 0.15) is 27.2 Å². The average Bonchev–Trinajstić information content (AvgIpc) is 2.89.